The van der Waals surface area contributed by atoms with E-state index in [9.17, 15) is 4.79 Å². The van der Waals surface area contributed by atoms with Crippen molar-refractivity contribution in [1.82, 2.24) is 0 Å². The number of amides is 1. The Hall–Kier alpha value is -2.40. The number of unbranched alkanes of at least 4 members (excludes halogenated alkanes) is 11. The highest BCUT2D eigenvalue weighted by Crippen LogP contribution is 2.31. The van der Waals surface area contributed by atoms with Crippen molar-refractivity contribution in [2.45, 2.75) is 118 Å². The highest BCUT2D eigenvalue weighted by atomic mass is 79.9. The summed E-state index contributed by atoms with van der Waals surface area (Å²) in [7, 11) is 0. The largest absolute Gasteiger partial charge is 1.00 e. The van der Waals surface area contributed by atoms with Crippen molar-refractivity contribution in [2.75, 3.05) is 18.1 Å². The summed E-state index contributed by atoms with van der Waals surface area (Å²) in [5.41, 5.74) is 4.71. The molecule has 1 aliphatic heterocycles. The van der Waals surface area contributed by atoms with Crippen LogP contribution in [0.15, 0.2) is 60.2 Å². The molecule has 0 aliphatic carbocycles. The van der Waals surface area contributed by atoms with Crippen LogP contribution in [0, 0.1) is 5.41 Å². The molecule has 2 aromatic carbocycles. The molecule has 0 bridgehead atoms. The highest BCUT2D eigenvalue weighted by Gasteiger charge is 2.31. The molecule has 42 heavy (non-hydrogen) atoms. The van der Waals surface area contributed by atoms with Gasteiger partial charge in [0.2, 0.25) is 5.91 Å². The van der Waals surface area contributed by atoms with E-state index in [0.717, 1.165) is 43.0 Å². The molecule has 3 rings (SSSR count). The molecule has 0 saturated carbocycles. The molecular formula is C37H55BrN2O2. The van der Waals surface area contributed by atoms with Crippen LogP contribution in [-0.2, 0) is 17.8 Å². The fraction of sp³-hybridized carbons (Fsp3) is 0.568. The molecular weight excluding hydrogens is 584 g/mol. The van der Waals surface area contributed by atoms with Gasteiger partial charge in [-0.05, 0) is 62.1 Å². The normalized spacial score (nSPS) is 16.0. The molecule has 0 saturated heterocycles. The second-order valence-corrected chi connectivity index (χ2v) is 12.3. The van der Waals surface area contributed by atoms with Crippen molar-refractivity contribution in [3.63, 3.8) is 0 Å². The number of benzene rings is 2. The summed E-state index contributed by atoms with van der Waals surface area (Å²) in [6.45, 7) is 10.6. The lowest BCUT2D eigenvalue weighted by molar-refractivity contribution is -0.469. The Labute approximate surface area is 266 Å². The van der Waals surface area contributed by atoms with Crippen LogP contribution in [0.5, 0.6) is 5.75 Å². The summed E-state index contributed by atoms with van der Waals surface area (Å²) in [5, 5.41) is 0. The van der Waals surface area contributed by atoms with Gasteiger partial charge in [-0.1, -0.05) is 107 Å². The number of nitrogens with one attached hydrogen (secondary N) is 1. The zero-order valence-corrected chi connectivity index (χ0v) is 28.3. The molecule has 1 atom stereocenters. The van der Waals surface area contributed by atoms with E-state index < -0.39 is 0 Å². The third-order valence-electron chi connectivity index (χ3n) is 8.60. The molecule has 1 N–H and O–H groups in total. The fourth-order valence-electron chi connectivity index (χ4n) is 5.73. The third kappa shape index (κ3) is 12.5. The second-order valence-electron chi connectivity index (χ2n) is 12.3. The zero-order valence-electron chi connectivity index (χ0n) is 26.7. The van der Waals surface area contributed by atoms with Crippen LogP contribution in [0.3, 0.4) is 0 Å². The minimum absolute atomic E-state index is 0. The van der Waals surface area contributed by atoms with Crippen molar-refractivity contribution in [2.24, 2.45) is 5.41 Å². The number of ether oxygens (including phenoxy) is 1. The molecule has 232 valence electrons. The molecule has 1 aliphatic rings. The fourth-order valence-corrected chi connectivity index (χ4v) is 5.73. The Morgan fingerprint density at radius 1 is 0.881 bits per heavy atom. The molecule has 0 fully saturated rings. The standard InChI is InChI=1S/C37H54N2O2.BrH/c1-5-6-7-8-9-10-11-12-13-14-15-16-25-41-36-22-18-20-34(27-36)29-39(32(3)40)35-21-17-19-33(26-35)28-37(4)30-38-24-23-31(37)2;/h17-24,26-27H,5-16,25,28-30H2,1-4H3;1H. The Morgan fingerprint density at radius 3 is 2.14 bits per heavy atom. The number of hydrogen-bond donors (Lipinski definition) is 1. The number of carbonyl (C=O) groups excluding carboxylic acids is 1. The smallest absolute Gasteiger partial charge is 0.224 e. The minimum Gasteiger partial charge on any atom is -1.00 e. The maximum atomic E-state index is 12.7. The summed E-state index contributed by atoms with van der Waals surface area (Å²) in [6, 6.07) is 16.7. The quantitative estimate of drug-likeness (QED) is 0.221. The number of halogens is 1. The van der Waals surface area contributed by atoms with Crippen LogP contribution in [0.4, 0.5) is 5.69 Å². The first kappa shape index (κ1) is 35.8. The molecule has 2 aromatic rings. The van der Waals surface area contributed by atoms with Gasteiger partial charge in [0, 0.05) is 18.7 Å². The van der Waals surface area contributed by atoms with E-state index in [1.54, 1.807) is 6.92 Å². The van der Waals surface area contributed by atoms with Crippen molar-refractivity contribution < 1.29 is 31.5 Å². The lowest BCUT2D eigenvalue weighted by atomic mass is 9.76. The molecule has 0 spiro atoms. The summed E-state index contributed by atoms with van der Waals surface area (Å²) >= 11 is 0. The van der Waals surface area contributed by atoms with E-state index in [0.29, 0.717) is 6.54 Å². The second kappa shape index (κ2) is 19.7. The van der Waals surface area contributed by atoms with Crippen LogP contribution in [0.1, 0.15) is 116 Å². The lowest BCUT2D eigenvalue weighted by Gasteiger charge is -2.29. The number of rotatable bonds is 19. The molecule has 5 heteroatoms. The molecule has 4 nitrogen and oxygen atoms in total. The maximum Gasteiger partial charge on any atom is 0.224 e. The zero-order chi connectivity index (χ0) is 29.3. The molecule has 1 amide bonds. The Balaban J connectivity index is 0.00000616. The Kier molecular flexibility index (Phi) is 16.8. The number of allylic oxidation sites excluding steroid dienone is 1. The summed E-state index contributed by atoms with van der Waals surface area (Å²) in [4.78, 5) is 18.0. The summed E-state index contributed by atoms with van der Waals surface area (Å²) < 4.78 is 6.09. The predicted molar refractivity (Wildman–Crippen MR) is 174 cm³/mol. The molecule has 0 aromatic heterocycles. The summed E-state index contributed by atoms with van der Waals surface area (Å²) in [6.07, 6.45) is 21.2. The monoisotopic (exact) mass is 638 g/mol. The van der Waals surface area contributed by atoms with E-state index in [1.807, 2.05) is 29.3 Å². The molecule has 1 heterocycles. The van der Waals surface area contributed by atoms with Gasteiger partial charge in [-0.15, -0.1) is 0 Å². The van der Waals surface area contributed by atoms with Crippen LogP contribution in [0.25, 0.3) is 0 Å². The summed E-state index contributed by atoms with van der Waals surface area (Å²) in [5.74, 6) is 0.931. The van der Waals surface area contributed by atoms with Gasteiger partial charge in [0.25, 0.3) is 0 Å². The van der Waals surface area contributed by atoms with Gasteiger partial charge in [0.15, 0.2) is 6.21 Å². The van der Waals surface area contributed by atoms with Crippen molar-refractivity contribution >= 4 is 17.8 Å². The number of nitrogens with zero attached hydrogens (tertiary/aromatic N) is 1. The predicted octanol–water partition coefficient (Wildman–Crippen LogP) is 4.98. The first-order chi connectivity index (χ1) is 19.9. The van der Waals surface area contributed by atoms with Gasteiger partial charge in [-0.3, -0.25) is 4.79 Å². The Bertz CT molecular complexity index is 1130. The van der Waals surface area contributed by atoms with Gasteiger partial charge in [-0.2, -0.15) is 0 Å². The minimum atomic E-state index is 0. The van der Waals surface area contributed by atoms with Gasteiger partial charge in [-0.25, -0.2) is 4.99 Å². The van der Waals surface area contributed by atoms with E-state index in [1.165, 1.54) is 81.8 Å². The van der Waals surface area contributed by atoms with Gasteiger partial charge in [0.1, 0.15) is 12.3 Å². The van der Waals surface area contributed by atoms with E-state index in [4.69, 9.17) is 4.74 Å². The van der Waals surface area contributed by atoms with Crippen molar-refractivity contribution in [3.05, 3.63) is 71.3 Å². The molecule has 1 unspecified atom stereocenters. The highest BCUT2D eigenvalue weighted by molar-refractivity contribution is 5.91. The topological polar surface area (TPSA) is 43.5 Å². The number of anilines is 1. The first-order valence-electron chi connectivity index (χ1n) is 16.2. The van der Waals surface area contributed by atoms with Crippen LogP contribution >= 0.6 is 0 Å². The maximum absolute atomic E-state index is 12.7. The average Bonchev–Trinajstić information content (AvgIpc) is 2.96. The first-order valence-corrected chi connectivity index (χ1v) is 16.2. The van der Waals surface area contributed by atoms with Crippen LogP contribution in [0.2, 0.25) is 0 Å². The lowest BCUT2D eigenvalue weighted by Crippen LogP contribution is -3.00. The Morgan fingerprint density at radius 2 is 1.50 bits per heavy atom. The van der Waals surface area contributed by atoms with Crippen LogP contribution in [-0.4, -0.2) is 25.3 Å². The van der Waals surface area contributed by atoms with E-state index >= 15 is 0 Å². The van der Waals surface area contributed by atoms with E-state index in [2.05, 4.69) is 62.2 Å². The van der Waals surface area contributed by atoms with E-state index in [-0.39, 0.29) is 28.3 Å². The van der Waals surface area contributed by atoms with Gasteiger partial charge < -0.3 is 26.6 Å². The average molecular weight is 640 g/mol. The third-order valence-corrected chi connectivity index (χ3v) is 8.60. The number of carbonyl (C=O) groups is 1. The van der Waals surface area contributed by atoms with Crippen molar-refractivity contribution in [1.29, 1.82) is 0 Å². The van der Waals surface area contributed by atoms with Gasteiger partial charge >= 0.3 is 0 Å². The van der Waals surface area contributed by atoms with Gasteiger partial charge in [0.05, 0.1) is 18.6 Å². The van der Waals surface area contributed by atoms with Crippen LogP contribution < -0.4 is 31.6 Å². The molecule has 0 radical (unpaired) electrons. The number of hydrogen-bond acceptors (Lipinski definition) is 2. The SMILES string of the molecule is CCCCCCCCCCCCCCOc1cccc(CN(C(C)=O)c2cccc(CC3(C)C[NH+]=CC=C3C)c2)c1.[Br-]. The van der Waals surface area contributed by atoms with Crippen molar-refractivity contribution in [3.8, 4) is 5.75 Å².